The van der Waals surface area contributed by atoms with E-state index in [2.05, 4.69) is 10.1 Å². The first-order valence-corrected chi connectivity index (χ1v) is 7.41. The summed E-state index contributed by atoms with van der Waals surface area (Å²) >= 11 is 1.67. The smallest absolute Gasteiger partial charge is 0.406 e. The standard InChI is InChI=1S/C15H14F3NOS/c1-21-14-8-2-11(3-9-14)10-19-12-4-6-13(7-5-12)20-15(16,17)18/h2-9,19H,10H2,1H3. The fraction of sp³-hybridized carbons (Fsp3) is 0.200. The third-order valence-electron chi connectivity index (χ3n) is 2.74. The molecule has 0 saturated heterocycles. The van der Waals surface area contributed by atoms with Crippen molar-refractivity contribution in [3.05, 3.63) is 54.1 Å². The predicted octanol–water partition coefficient (Wildman–Crippen LogP) is 4.92. The van der Waals surface area contributed by atoms with Gasteiger partial charge in [-0.2, -0.15) is 0 Å². The maximum Gasteiger partial charge on any atom is 0.573 e. The SMILES string of the molecule is CSc1ccc(CNc2ccc(OC(F)(F)F)cc2)cc1. The van der Waals surface area contributed by atoms with Gasteiger partial charge in [-0.15, -0.1) is 24.9 Å². The van der Waals surface area contributed by atoms with E-state index >= 15 is 0 Å². The first kappa shape index (κ1) is 15.6. The van der Waals surface area contributed by atoms with E-state index in [0.29, 0.717) is 6.54 Å². The molecule has 0 aliphatic rings. The van der Waals surface area contributed by atoms with Crippen molar-refractivity contribution >= 4 is 17.4 Å². The Morgan fingerprint density at radius 3 is 2.14 bits per heavy atom. The van der Waals surface area contributed by atoms with Crippen molar-refractivity contribution in [1.29, 1.82) is 0 Å². The van der Waals surface area contributed by atoms with Crippen molar-refractivity contribution in [2.75, 3.05) is 11.6 Å². The highest BCUT2D eigenvalue weighted by molar-refractivity contribution is 7.98. The van der Waals surface area contributed by atoms with E-state index in [1.807, 2.05) is 30.5 Å². The van der Waals surface area contributed by atoms with Crippen molar-refractivity contribution in [2.24, 2.45) is 0 Å². The van der Waals surface area contributed by atoms with Gasteiger partial charge < -0.3 is 10.1 Å². The minimum Gasteiger partial charge on any atom is -0.406 e. The molecule has 2 aromatic carbocycles. The topological polar surface area (TPSA) is 21.3 Å². The highest BCUT2D eigenvalue weighted by Gasteiger charge is 2.30. The van der Waals surface area contributed by atoms with E-state index in [4.69, 9.17) is 0 Å². The molecule has 0 unspecified atom stereocenters. The molecule has 2 nitrogen and oxygen atoms in total. The molecular formula is C15H14F3NOS. The lowest BCUT2D eigenvalue weighted by atomic mass is 10.2. The van der Waals surface area contributed by atoms with Gasteiger partial charge in [0, 0.05) is 17.1 Å². The second-order valence-corrected chi connectivity index (χ2v) is 5.15. The Morgan fingerprint density at radius 1 is 1.00 bits per heavy atom. The molecule has 0 amide bonds. The molecule has 0 aromatic heterocycles. The number of anilines is 1. The third-order valence-corrected chi connectivity index (χ3v) is 3.49. The molecule has 0 heterocycles. The van der Waals surface area contributed by atoms with Crippen molar-refractivity contribution < 1.29 is 17.9 Å². The summed E-state index contributed by atoms with van der Waals surface area (Å²) in [6.45, 7) is 0.605. The number of benzene rings is 2. The molecule has 0 atom stereocenters. The molecule has 0 radical (unpaired) electrons. The summed E-state index contributed by atoms with van der Waals surface area (Å²) in [5.74, 6) is -0.225. The summed E-state index contributed by atoms with van der Waals surface area (Å²) in [6.07, 6.45) is -2.65. The van der Waals surface area contributed by atoms with Gasteiger partial charge in [0.05, 0.1) is 0 Å². The molecule has 1 N–H and O–H groups in total. The Morgan fingerprint density at radius 2 is 1.62 bits per heavy atom. The Bertz CT molecular complexity index is 567. The van der Waals surface area contributed by atoms with Gasteiger partial charge in [0.1, 0.15) is 5.75 Å². The van der Waals surface area contributed by atoms with Crippen molar-refractivity contribution in [1.82, 2.24) is 0 Å². The fourth-order valence-corrected chi connectivity index (χ4v) is 2.13. The molecule has 0 spiro atoms. The Kier molecular flexibility index (Phi) is 5.01. The summed E-state index contributed by atoms with van der Waals surface area (Å²) in [7, 11) is 0. The maximum atomic E-state index is 12.0. The molecule has 0 fully saturated rings. The van der Waals surface area contributed by atoms with Gasteiger partial charge in [0.2, 0.25) is 0 Å². The first-order valence-electron chi connectivity index (χ1n) is 6.19. The largest absolute Gasteiger partial charge is 0.573 e. The van der Waals surface area contributed by atoms with Crippen LogP contribution in [0.3, 0.4) is 0 Å². The van der Waals surface area contributed by atoms with E-state index in [0.717, 1.165) is 11.3 Å². The molecule has 2 aromatic rings. The normalized spacial score (nSPS) is 11.2. The fourth-order valence-electron chi connectivity index (χ4n) is 1.72. The number of nitrogens with one attached hydrogen (secondary N) is 1. The van der Waals surface area contributed by atoms with Gasteiger partial charge in [0.15, 0.2) is 0 Å². The Balaban J connectivity index is 1.91. The summed E-state index contributed by atoms with van der Waals surface area (Å²) in [6, 6.07) is 13.8. The Hall–Kier alpha value is -1.82. The number of alkyl halides is 3. The van der Waals surface area contributed by atoms with Crippen LogP contribution in [0.15, 0.2) is 53.4 Å². The van der Waals surface area contributed by atoms with Gasteiger partial charge in [-0.3, -0.25) is 0 Å². The predicted molar refractivity (Wildman–Crippen MR) is 78.7 cm³/mol. The van der Waals surface area contributed by atoms with E-state index < -0.39 is 6.36 Å². The zero-order valence-electron chi connectivity index (χ0n) is 11.3. The molecule has 0 saturated carbocycles. The first-order chi connectivity index (χ1) is 9.96. The minimum absolute atomic E-state index is 0.225. The van der Waals surface area contributed by atoms with Crippen LogP contribution in [0, 0.1) is 0 Å². The summed E-state index contributed by atoms with van der Waals surface area (Å²) < 4.78 is 39.9. The highest BCUT2D eigenvalue weighted by Crippen LogP contribution is 2.24. The quantitative estimate of drug-likeness (QED) is 0.792. The van der Waals surface area contributed by atoms with E-state index in [9.17, 15) is 13.2 Å². The molecule has 0 aliphatic carbocycles. The van der Waals surface area contributed by atoms with Crippen molar-refractivity contribution in [3.63, 3.8) is 0 Å². The van der Waals surface area contributed by atoms with Gasteiger partial charge in [-0.25, -0.2) is 0 Å². The van der Waals surface area contributed by atoms with Gasteiger partial charge in [0.25, 0.3) is 0 Å². The summed E-state index contributed by atoms with van der Waals surface area (Å²) in [5.41, 5.74) is 1.84. The second kappa shape index (κ2) is 6.76. The van der Waals surface area contributed by atoms with Crippen LogP contribution in [0.4, 0.5) is 18.9 Å². The van der Waals surface area contributed by atoms with Crippen LogP contribution in [0.1, 0.15) is 5.56 Å². The molecule has 2 rings (SSSR count). The monoisotopic (exact) mass is 313 g/mol. The highest BCUT2D eigenvalue weighted by atomic mass is 32.2. The number of halogens is 3. The van der Waals surface area contributed by atoms with E-state index in [1.165, 1.54) is 17.0 Å². The van der Waals surface area contributed by atoms with Crippen molar-refractivity contribution in [2.45, 2.75) is 17.8 Å². The van der Waals surface area contributed by atoms with E-state index in [-0.39, 0.29) is 5.75 Å². The number of hydrogen-bond acceptors (Lipinski definition) is 3. The molecular weight excluding hydrogens is 299 g/mol. The van der Waals surface area contributed by atoms with Gasteiger partial charge in [-0.1, -0.05) is 12.1 Å². The average Bonchev–Trinajstić information content (AvgIpc) is 2.45. The van der Waals surface area contributed by atoms with Crippen LogP contribution >= 0.6 is 11.8 Å². The van der Waals surface area contributed by atoms with Crippen molar-refractivity contribution in [3.8, 4) is 5.75 Å². The third kappa shape index (κ3) is 5.23. The van der Waals surface area contributed by atoms with Crippen LogP contribution in [-0.2, 0) is 6.54 Å². The molecule has 0 bridgehead atoms. The summed E-state index contributed by atoms with van der Waals surface area (Å²) in [5, 5.41) is 3.14. The minimum atomic E-state index is -4.66. The van der Waals surface area contributed by atoms with Gasteiger partial charge in [-0.05, 0) is 48.2 Å². The molecule has 0 aliphatic heterocycles. The lowest BCUT2D eigenvalue weighted by Crippen LogP contribution is -2.17. The van der Waals surface area contributed by atoms with Crippen LogP contribution < -0.4 is 10.1 Å². The number of hydrogen-bond donors (Lipinski definition) is 1. The maximum absolute atomic E-state index is 12.0. The number of thioether (sulfide) groups is 1. The molecule has 112 valence electrons. The molecule has 6 heteroatoms. The van der Waals surface area contributed by atoms with Crippen LogP contribution in [0.25, 0.3) is 0 Å². The Labute approximate surface area is 125 Å². The van der Waals surface area contributed by atoms with Crippen LogP contribution in [-0.4, -0.2) is 12.6 Å². The number of rotatable bonds is 5. The van der Waals surface area contributed by atoms with E-state index in [1.54, 1.807) is 23.9 Å². The zero-order valence-corrected chi connectivity index (χ0v) is 12.1. The zero-order chi connectivity index (χ0) is 15.3. The number of ether oxygens (including phenoxy) is 1. The lowest BCUT2D eigenvalue weighted by molar-refractivity contribution is -0.274. The summed E-state index contributed by atoms with van der Waals surface area (Å²) in [4.78, 5) is 1.19. The lowest BCUT2D eigenvalue weighted by Gasteiger charge is -2.10. The average molecular weight is 313 g/mol. The molecule has 21 heavy (non-hydrogen) atoms. The second-order valence-electron chi connectivity index (χ2n) is 4.27. The van der Waals surface area contributed by atoms with Crippen LogP contribution in [0.2, 0.25) is 0 Å². The van der Waals surface area contributed by atoms with Gasteiger partial charge >= 0.3 is 6.36 Å². The van der Waals surface area contributed by atoms with Crippen LogP contribution in [0.5, 0.6) is 5.75 Å².